The molecular weight excluding hydrogens is 383 g/mol. The molecule has 1 aromatic heterocycles. The molecule has 0 unspecified atom stereocenters. The summed E-state index contributed by atoms with van der Waals surface area (Å²) in [7, 11) is 0. The van der Waals surface area contributed by atoms with Gasteiger partial charge in [-0.15, -0.1) is 11.3 Å². The van der Waals surface area contributed by atoms with E-state index in [0.717, 1.165) is 16.5 Å². The van der Waals surface area contributed by atoms with E-state index in [-0.39, 0.29) is 5.91 Å². The van der Waals surface area contributed by atoms with Crippen molar-refractivity contribution in [3.8, 4) is 0 Å². The minimum absolute atomic E-state index is 0.279. The van der Waals surface area contributed by atoms with Crippen molar-refractivity contribution in [3.63, 3.8) is 0 Å². The van der Waals surface area contributed by atoms with Crippen molar-refractivity contribution in [2.45, 2.75) is 38.6 Å². The van der Waals surface area contributed by atoms with E-state index in [2.05, 4.69) is 17.6 Å². The van der Waals surface area contributed by atoms with Gasteiger partial charge >= 0.3 is 0 Å². The Kier molecular flexibility index (Phi) is 5.65. The third-order valence-corrected chi connectivity index (χ3v) is 6.56. The van der Waals surface area contributed by atoms with Gasteiger partial charge in [0.2, 0.25) is 0 Å². The molecule has 1 aromatic carbocycles. The Bertz CT molecular complexity index is 790. The maximum absolute atomic E-state index is 12.5. The second-order valence-corrected chi connectivity index (χ2v) is 8.46. The molecule has 0 saturated heterocycles. The quantitative estimate of drug-likeness (QED) is 0.663. The number of fused-ring (bicyclic) bond motifs is 1. The Balaban J connectivity index is 1.70. The van der Waals surface area contributed by atoms with E-state index in [9.17, 15) is 4.79 Å². The molecule has 3 rings (SSSR count). The van der Waals surface area contributed by atoms with Crippen molar-refractivity contribution in [2.75, 3.05) is 0 Å². The molecule has 1 saturated carbocycles. The average molecular weight is 401 g/mol. The highest BCUT2D eigenvalue weighted by atomic mass is 35.5. The number of thiocarbonyl (C=S) groups is 1. The largest absolute Gasteiger partial charge is 0.359 e. The van der Waals surface area contributed by atoms with Crippen molar-refractivity contribution in [1.29, 1.82) is 0 Å². The molecule has 1 amide bonds. The zero-order valence-electron chi connectivity index (χ0n) is 13.2. The number of halogens is 2. The highest BCUT2D eigenvalue weighted by Crippen LogP contribution is 2.36. The third-order valence-electron chi connectivity index (χ3n) is 4.45. The molecule has 1 aliphatic carbocycles. The first kappa shape index (κ1) is 17.9. The van der Waals surface area contributed by atoms with Gasteiger partial charge in [0.05, 0.1) is 5.02 Å². The van der Waals surface area contributed by atoms with Gasteiger partial charge in [-0.05, 0) is 43.1 Å². The predicted octanol–water partition coefficient (Wildman–Crippen LogP) is 5.39. The summed E-state index contributed by atoms with van der Waals surface area (Å²) in [4.78, 5) is 13.0. The van der Waals surface area contributed by atoms with Crippen LogP contribution in [-0.2, 0) is 0 Å². The van der Waals surface area contributed by atoms with Crippen LogP contribution < -0.4 is 10.6 Å². The van der Waals surface area contributed by atoms with Crippen molar-refractivity contribution in [1.82, 2.24) is 10.6 Å². The first-order chi connectivity index (χ1) is 11.5. The van der Waals surface area contributed by atoms with Crippen LogP contribution in [0.4, 0.5) is 0 Å². The van der Waals surface area contributed by atoms with E-state index in [0.29, 0.717) is 32.0 Å². The molecule has 0 spiro atoms. The van der Waals surface area contributed by atoms with E-state index >= 15 is 0 Å². The second kappa shape index (κ2) is 7.56. The lowest BCUT2D eigenvalue weighted by Gasteiger charge is -2.30. The van der Waals surface area contributed by atoms with E-state index in [1.807, 2.05) is 12.1 Å². The molecule has 1 aliphatic rings. The lowest BCUT2D eigenvalue weighted by atomic mass is 9.86. The SMILES string of the molecule is C[C@H]1CCCC[C@H]1NC(=S)NC(=O)c1sc2cc(Cl)ccc2c1Cl. The number of hydrogen-bond acceptors (Lipinski definition) is 3. The summed E-state index contributed by atoms with van der Waals surface area (Å²) in [5, 5.41) is 8.29. The van der Waals surface area contributed by atoms with Crippen molar-refractivity contribution >= 4 is 67.9 Å². The van der Waals surface area contributed by atoms with E-state index < -0.39 is 0 Å². The van der Waals surface area contributed by atoms with Gasteiger partial charge in [0.1, 0.15) is 4.88 Å². The maximum Gasteiger partial charge on any atom is 0.269 e. The minimum atomic E-state index is -0.279. The third kappa shape index (κ3) is 3.85. The summed E-state index contributed by atoms with van der Waals surface area (Å²) >= 11 is 19.0. The molecule has 0 bridgehead atoms. The molecule has 7 heteroatoms. The van der Waals surface area contributed by atoms with Crippen LogP contribution >= 0.6 is 46.8 Å². The van der Waals surface area contributed by atoms with Crippen molar-refractivity contribution in [3.05, 3.63) is 33.1 Å². The van der Waals surface area contributed by atoms with Crippen LogP contribution in [0.25, 0.3) is 10.1 Å². The van der Waals surface area contributed by atoms with Crippen LogP contribution in [0.2, 0.25) is 10.0 Å². The average Bonchev–Trinajstić information content (AvgIpc) is 2.86. The predicted molar refractivity (Wildman–Crippen MR) is 106 cm³/mol. The van der Waals surface area contributed by atoms with Crippen LogP contribution in [0.3, 0.4) is 0 Å². The number of thiophene rings is 1. The molecule has 2 N–H and O–H groups in total. The first-order valence-electron chi connectivity index (χ1n) is 7.95. The summed E-state index contributed by atoms with van der Waals surface area (Å²) in [6.07, 6.45) is 4.73. The molecule has 24 heavy (non-hydrogen) atoms. The number of amides is 1. The molecule has 3 nitrogen and oxygen atoms in total. The van der Waals surface area contributed by atoms with Gasteiger partial charge < -0.3 is 5.32 Å². The normalized spacial score (nSPS) is 20.8. The zero-order valence-corrected chi connectivity index (χ0v) is 16.3. The van der Waals surface area contributed by atoms with E-state index in [4.69, 9.17) is 35.4 Å². The lowest BCUT2D eigenvalue weighted by Crippen LogP contribution is -2.47. The number of nitrogens with one attached hydrogen (secondary N) is 2. The van der Waals surface area contributed by atoms with Gasteiger partial charge in [0.25, 0.3) is 5.91 Å². The standard InChI is InChI=1S/C17H18Cl2N2OS2/c1-9-4-2-3-5-12(9)20-17(23)21-16(22)15-14(19)11-7-6-10(18)8-13(11)24-15/h6-9,12H,2-5H2,1H3,(H2,20,21,22,23)/t9-,12+/m0/s1. The van der Waals surface area contributed by atoms with Gasteiger partial charge in [0, 0.05) is 21.2 Å². The molecule has 128 valence electrons. The van der Waals surface area contributed by atoms with E-state index in [1.165, 1.54) is 30.6 Å². The van der Waals surface area contributed by atoms with Crippen molar-refractivity contribution in [2.24, 2.45) is 5.92 Å². The van der Waals surface area contributed by atoms with Gasteiger partial charge in [-0.25, -0.2) is 0 Å². The summed E-state index contributed by atoms with van der Waals surface area (Å²) in [5.41, 5.74) is 0. The van der Waals surface area contributed by atoms with Crippen molar-refractivity contribution < 1.29 is 4.79 Å². The Morgan fingerprint density at radius 2 is 2.04 bits per heavy atom. The van der Waals surface area contributed by atoms with Crippen LogP contribution in [-0.4, -0.2) is 17.1 Å². The van der Waals surface area contributed by atoms with Gasteiger partial charge in [-0.3, -0.25) is 10.1 Å². The maximum atomic E-state index is 12.5. The van der Waals surface area contributed by atoms with E-state index in [1.54, 1.807) is 6.07 Å². The second-order valence-electron chi connectivity index (χ2n) is 6.18. The fourth-order valence-electron chi connectivity index (χ4n) is 3.08. The smallest absolute Gasteiger partial charge is 0.269 e. The molecule has 0 radical (unpaired) electrons. The monoisotopic (exact) mass is 400 g/mol. The first-order valence-corrected chi connectivity index (χ1v) is 9.93. The molecule has 0 aliphatic heterocycles. The molecule has 1 fully saturated rings. The van der Waals surface area contributed by atoms with Crippen LogP contribution in [0.15, 0.2) is 18.2 Å². The Hall–Kier alpha value is -0.880. The summed E-state index contributed by atoms with van der Waals surface area (Å²) in [5.74, 6) is 0.280. The minimum Gasteiger partial charge on any atom is -0.359 e. The summed E-state index contributed by atoms with van der Waals surface area (Å²) < 4.78 is 0.887. The van der Waals surface area contributed by atoms with Crippen LogP contribution in [0.1, 0.15) is 42.3 Å². The fourth-order valence-corrected chi connectivity index (χ4v) is 5.01. The summed E-state index contributed by atoms with van der Waals surface area (Å²) in [6.45, 7) is 2.22. The lowest BCUT2D eigenvalue weighted by molar-refractivity contribution is 0.0980. The Labute approximate surface area is 160 Å². The van der Waals surface area contributed by atoms with Crippen LogP contribution in [0, 0.1) is 5.92 Å². The molecule has 2 atom stereocenters. The van der Waals surface area contributed by atoms with Gasteiger partial charge in [-0.2, -0.15) is 0 Å². The molecular formula is C17H18Cl2N2OS2. The Morgan fingerprint density at radius 1 is 1.29 bits per heavy atom. The number of rotatable bonds is 2. The topological polar surface area (TPSA) is 41.1 Å². The number of hydrogen-bond donors (Lipinski definition) is 2. The number of benzene rings is 1. The summed E-state index contributed by atoms with van der Waals surface area (Å²) in [6, 6.07) is 5.72. The van der Waals surface area contributed by atoms with Gasteiger partial charge in [0.15, 0.2) is 5.11 Å². The Morgan fingerprint density at radius 3 is 2.79 bits per heavy atom. The molecule has 1 heterocycles. The highest BCUT2D eigenvalue weighted by Gasteiger charge is 2.23. The number of carbonyl (C=O) groups is 1. The molecule has 2 aromatic rings. The number of carbonyl (C=O) groups excluding carboxylic acids is 1. The fraction of sp³-hybridized carbons (Fsp3) is 0.412. The highest BCUT2D eigenvalue weighted by molar-refractivity contribution is 7.80. The zero-order chi connectivity index (χ0) is 17.3. The van der Waals surface area contributed by atoms with Gasteiger partial charge in [-0.1, -0.05) is 49.0 Å². The van der Waals surface area contributed by atoms with Crippen LogP contribution in [0.5, 0.6) is 0 Å².